The van der Waals surface area contributed by atoms with Crippen molar-refractivity contribution in [1.82, 2.24) is 0 Å². The Balaban J connectivity index is 1.16. The second kappa shape index (κ2) is 12.1. The lowest BCUT2D eigenvalue weighted by atomic mass is 9.41. The summed E-state index contributed by atoms with van der Waals surface area (Å²) in [6, 6.07) is 10.3. The minimum absolute atomic E-state index is 0.00681. The molecule has 2 aliphatic heterocycles. The van der Waals surface area contributed by atoms with Crippen molar-refractivity contribution in [2.75, 3.05) is 13.2 Å². The first-order valence-corrected chi connectivity index (χ1v) is 17.5. The molecule has 46 heavy (non-hydrogen) atoms. The van der Waals surface area contributed by atoms with Crippen LogP contribution in [0.5, 0.6) is 0 Å². The molecule has 4 N–H and O–H groups in total. The average Bonchev–Trinajstić information content (AvgIpc) is 3.58. The number of carbonyl (C=O) groups is 1. The third-order valence-electron chi connectivity index (χ3n) is 13.3. The van der Waals surface area contributed by atoms with Crippen LogP contribution < -0.4 is 0 Å². The fourth-order valence-electron chi connectivity index (χ4n) is 10.9. The highest BCUT2D eigenvalue weighted by molar-refractivity contribution is 5.85. The van der Waals surface area contributed by atoms with E-state index in [-0.39, 0.29) is 41.7 Å². The van der Waals surface area contributed by atoms with Crippen molar-refractivity contribution in [3.05, 3.63) is 47.5 Å². The number of aliphatic imine (C=N–C) groups is 1. The third kappa shape index (κ3) is 5.21. The first kappa shape index (κ1) is 32.4. The summed E-state index contributed by atoms with van der Waals surface area (Å²) >= 11 is 0. The Labute approximate surface area is 272 Å². The predicted molar refractivity (Wildman–Crippen MR) is 171 cm³/mol. The van der Waals surface area contributed by atoms with Crippen molar-refractivity contribution in [2.45, 2.75) is 126 Å². The van der Waals surface area contributed by atoms with Gasteiger partial charge >= 0.3 is 5.97 Å². The second-order valence-electron chi connectivity index (χ2n) is 15.5. The smallest absolute Gasteiger partial charge is 0.331 e. The Morgan fingerprint density at radius 2 is 1.80 bits per heavy atom. The van der Waals surface area contributed by atoms with Gasteiger partial charge in [-0.15, -0.1) is 0 Å². The van der Waals surface area contributed by atoms with Gasteiger partial charge in [-0.3, -0.25) is 4.99 Å². The number of cyclic esters (lactones) is 1. The standard InChI is InChI=1S/C37H51NO8/c1-23-33(41)30(39)19-32(45-23)46-26-8-14-35(22-38-17-12-24-6-4-3-5-7-24)28-9-13-34(2)27(25-18-31(40)44-21-25)11-16-37(34,43)29(28)10-15-36(35,42)20-26/h3-7,18,22-23,26-30,32-33,39,41-43H,8-17,19-21H2,1-2H3/t23-,26+,27+,28+,29+,30+,32-,33-,34-,35+,36-,37-/m0/s1. The number of aliphatic hydroxyl groups excluding tert-OH is 2. The number of aliphatic hydroxyl groups is 4. The molecule has 0 amide bonds. The van der Waals surface area contributed by atoms with Crippen LogP contribution in [0, 0.1) is 28.6 Å². The van der Waals surface area contributed by atoms with E-state index in [1.54, 1.807) is 13.0 Å². The van der Waals surface area contributed by atoms with Crippen LogP contribution in [0.1, 0.15) is 83.6 Å². The number of hydrogen-bond donors (Lipinski definition) is 4. The van der Waals surface area contributed by atoms with Crippen LogP contribution in [0.3, 0.4) is 0 Å². The fraction of sp³-hybridized carbons (Fsp3) is 0.730. The number of rotatable bonds is 7. The maximum Gasteiger partial charge on any atom is 0.331 e. The highest BCUT2D eigenvalue weighted by Crippen LogP contribution is 2.70. The number of fused-ring (bicyclic) bond motifs is 5. The minimum Gasteiger partial charge on any atom is -0.458 e. The quantitative estimate of drug-likeness (QED) is 0.201. The predicted octanol–water partition coefficient (Wildman–Crippen LogP) is 3.89. The van der Waals surface area contributed by atoms with Crippen LogP contribution in [0.15, 0.2) is 47.0 Å². The van der Waals surface area contributed by atoms with E-state index in [0.717, 1.165) is 31.3 Å². The zero-order chi connectivity index (χ0) is 32.3. The SMILES string of the molecule is C[C@@H]1O[C@@H](O[C@@H]2CC[C@@]3(C=NCCc4ccccc4)[C@@H]4CC[C@@]5(C)[C@@H](C6=CC(=O)OC6)CC[C@]5(O)[C@@H]4CC[C@]3(O)C2)C[C@@H](O)[C@H]1O. The van der Waals surface area contributed by atoms with Crippen LogP contribution in [0.2, 0.25) is 0 Å². The fourth-order valence-corrected chi connectivity index (χ4v) is 10.9. The molecule has 9 nitrogen and oxygen atoms in total. The van der Waals surface area contributed by atoms with Gasteiger partial charge in [-0.1, -0.05) is 37.3 Å². The van der Waals surface area contributed by atoms with E-state index in [9.17, 15) is 25.2 Å². The highest BCUT2D eigenvalue weighted by atomic mass is 16.7. The molecule has 7 rings (SSSR count). The Hall–Kier alpha value is -2.14. The molecule has 0 spiro atoms. The second-order valence-corrected chi connectivity index (χ2v) is 15.5. The van der Waals surface area contributed by atoms with Gasteiger partial charge in [-0.05, 0) is 93.6 Å². The molecule has 252 valence electrons. The van der Waals surface area contributed by atoms with Gasteiger partial charge in [0, 0.05) is 42.5 Å². The summed E-state index contributed by atoms with van der Waals surface area (Å²) in [5.41, 5.74) is -0.707. The van der Waals surface area contributed by atoms with Gasteiger partial charge in [0.2, 0.25) is 0 Å². The lowest BCUT2D eigenvalue weighted by Gasteiger charge is -2.66. The van der Waals surface area contributed by atoms with Gasteiger partial charge in [0.05, 0.1) is 29.5 Å². The summed E-state index contributed by atoms with van der Waals surface area (Å²) in [5.74, 6) is -0.110. The summed E-state index contributed by atoms with van der Waals surface area (Å²) in [6.45, 7) is 4.90. The van der Waals surface area contributed by atoms with E-state index in [1.807, 2.05) is 18.2 Å². The van der Waals surface area contributed by atoms with E-state index >= 15 is 0 Å². The van der Waals surface area contributed by atoms with Crippen molar-refractivity contribution >= 4 is 12.2 Å². The largest absolute Gasteiger partial charge is 0.458 e. The summed E-state index contributed by atoms with van der Waals surface area (Å²) < 4.78 is 17.6. The highest BCUT2D eigenvalue weighted by Gasteiger charge is 2.71. The Kier molecular flexibility index (Phi) is 8.51. The molecule has 5 fully saturated rings. The van der Waals surface area contributed by atoms with Crippen LogP contribution in [0.25, 0.3) is 0 Å². The number of carbonyl (C=O) groups excluding carboxylic acids is 1. The van der Waals surface area contributed by atoms with Crippen LogP contribution in [0.4, 0.5) is 0 Å². The van der Waals surface area contributed by atoms with Gasteiger partial charge in [0.15, 0.2) is 6.29 Å². The zero-order valence-corrected chi connectivity index (χ0v) is 27.2. The monoisotopic (exact) mass is 637 g/mol. The molecule has 4 aliphatic carbocycles. The first-order valence-electron chi connectivity index (χ1n) is 17.5. The number of esters is 1. The number of nitrogens with zero attached hydrogens (tertiary/aromatic N) is 1. The van der Waals surface area contributed by atoms with E-state index in [2.05, 4.69) is 25.3 Å². The van der Waals surface area contributed by atoms with Gasteiger partial charge in [0.25, 0.3) is 0 Å². The lowest BCUT2D eigenvalue weighted by molar-refractivity contribution is -0.282. The molecule has 6 aliphatic rings. The summed E-state index contributed by atoms with van der Waals surface area (Å²) in [6.07, 6.45) is 7.68. The van der Waals surface area contributed by atoms with Crippen LogP contribution in [-0.4, -0.2) is 87.7 Å². The molecule has 0 bridgehead atoms. The maximum absolute atomic E-state index is 12.7. The maximum atomic E-state index is 12.7. The third-order valence-corrected chi connectivity index (χ3v) is 13.3. The lowest BCUT2D eigenvalue weighted by Crippen LogP contribution is -2.69. The number of hydrogen-bond acceptors (Lipinski definition) is 9. The first-order chi connectivity index (χ1) is 22.0. The van der Waals surface area contributed by atoms with Crippen LogP contribution >= 0.6 is 0 Å². The zero-order valence-electron chi connectivity index (χ0n) is 27.2. The van der Waals surface area contributed by atoms with Crippen molar-refractivity contribution in [2.24, 2.45) is 33.6 Å². The molecule has 1 aromatic carbocycles. The minimum atomic E-state index is -1.07. The van der Waals surface area contributed by atoms with Gasteiger partial charge in [0.1, 0.15) is 12.7 Å². The molecule has 0 radical (unpaired) electrons. The molecule has 4 saturated carbocycles. The van der Waals surface area contributed by atoms with Crippen LogP contribution in [-0.2, 0) is 25.4 Å². The van der Waals surface area contributed by atoms with Crippen molar-refractivity contribution < 1.29 is 39.4 Å². The Bertz CT molecular complexity index is 1340. The molecular weight excluding hydrogens is 586 g/mol. The average molecular weight is 638 g/mol. The molecule has 0 unspecified atom stereocenters. The number of ether oxygens (including phenoxy) is 3. The molecule has 2 heterocycles. The Morgan fingerprint density at radius 3 is 2.54 bits per heavy atom. The summed E-state index contributed by atoms with van der Waals surface area (Å²) in [7, 11) is 0. The van der Waals surface area contributed by atoms with Gasteiger partial charge in [-0.2, -0.15) is 0 Å². The molecular formula is C37H51NO8. The molecule has 1 saturated heterocycles. The number of benzene rings is 1. The van der Waals surface area contributed by atoms with E-state index in [1.165, 1.54) is 5.56 Å². The van der Waals surface area contributed by atoms with E-state index < -0.39 is 41.2 Å². The molecule has 12 atom stereocenters. The molecule has 1 aromatic rings. The van der Waals surface area contributed by atoms with E-state index in [0.29, 0.717) is 51.7 Å². The van der Waals surface area contributed by atoms with Crippen molar-refractivity contribution in [3.8, 4) is 0 Å². The molecule has 9 heteroatoms. The normalized spacial score (nSPS) is 47.2. The van der Waals surface area contributed by atoms with Crippen molar-refractivity contribution in [3.63, 3.8) is 0 Å². The van der Waals surface area contributed by atoms with Gasteiger partial charge < -0.3 is 34.6 Å². The van der Waals surface area contributed by atoms with Crippen molar-refractivity contribution in [1.29, 1.82) is 0 Å². The topological polar surface area (TPSA) is 138 Å². The molecule has 0 aromatic heterocycles. The summed E-state index contributed by atoms with van der Waals surface area (Å²) in [4.78, 5) is 17.0. The summed E-state index contributed by atoms with van der Waals surface area (Å²) in [5, 5.41) is 46.0. The van der Waals surface area contributed by atoms with Gasteiger partial charge in [-0.25, -0.2) is 4.79 Å². The Morgan fingerprint density at radius 1 is 1.02 bits per heavy atom. The van der Waals surface area contributed by atoms with E-state index in [4.69, 9.17) is 19.2 Å².